The molecule has 0 aliphatic carbocycles. The van der Waals surface area contributed by atoms with Crippen LogP contribution in [0.15, 0.2) is 79.4 Å². The van der Waals surface area contributed by atoms with Crippen LogP contribution in [0.5, 0.6) is 5.75 Å². The number of carboxylic acid groups (broad SMARTS) is 1. The molecule has 0 saturated heterocycles. The molecule has 1 atom stereocenters. The van der Waals surface area contributed by atoms with Crippen LogP contribution in [-0.4, -0.2) is 39.2 Å². The lowest BCUT2D eigenvalue weighted by Gasteiger charge is -2.12. The average Bonchev–Trinajstić information content (AvgIpc) is 3.30. The number of hydrogen-bond acceptors (Lipinski definition) is 5. The molecule has 178 valence electrons. The van der Waals surface area contributed by atoms with E-state index in [1.54, 1.807) is 24.8 Å². The number of benzene rings is 2. The summed E-state index contributed by atoms with van der Waals surface area (Å²) in [5, 5.41) is 12.2. The van der Waals surface area contributed by atoms with E-state index in [0.717, 1.165) is 33.2 Å². The minimum atomic E-state index is -5.08. The fourth-order valence-corrected chi connectivity index (χ4v) is 3.55. The van der Waals surface area contributed by atoms with E-state index in [2.05, 4.69) is 21.4 Å². The van der Waals surface area contributed by atoms with Crippen LogP contribution >= 0.6 is 0 Å². The van der Waals surface area contributed by atoms with Crippen LogP contribution in [0.2, 0.25) is 0 Å². The molecule has 4 aromatic rings. The van der Waals surface area contributed by atoms with Crippen LogP contribution < -0.4 is 10.1 Å². The molecule has 0 spiro atoms. The first-order chi connectivity index (χ1) is 16.7. The molecule has 1 unspecified atom stereocenters. The van der Waals surface area contributed by atoms with Crippen molar-refractivity contribution >= 4 is 28.3 Å². The molecule has 2 aromatic heterocycles. The Morgan fingerprint density at radius 2 is 1.69 bits per heavy atom. The predicted molar refractivity (Wildman–Crippen MR) is 122 cm³/mol. The predicted octanol–water partition coefficient (Wildman–Crippen LogP) is 4.87. The van der Waals surface area contributed by atoms with E-state index in [4.69, 9.17) is 14.6 Å². The first-order valence-electron chi connectivity index (χ1n) is 10.4. The van der Waals surface area contributed by atoms with Crippen molar-refractivity contribution in [2.24, 2.45) is 0 Å². The first kappa shape index (κ1) is 23.7. The van der Waals surface area contributed by atoms with Gasteiger partial charge in [0, 0.05) is 36.0 Å². The number of fused-ring (bicyclic) bond motifs is 3. The number of nitrogens with zero attached hydrogens (tertiary/aromatic N) is 2. The number of anilines is 1. The maximum Gasteiger partial charge on any atom is 0.490 e. The molecule has 0 fully saturated rings. The molecule has 10 heteroatoms. The fraction of sp³-hybridized carbons (Fsp3) is 0.120. The molecule has 0 radical (unpaired) electrons. The highest BCUT2D eigenvalue weighted by atomic mass is 19.4. The molecule has 2 aromatic carbocycles. The quantitative estimate of drug-likeness (QED) is 0.433. The summed E-state index contributed by atoms with van der Waals surface area (Å²) in [5.41, 5.74) is 3.61. The van der Waals surface area contributed by atoms with Gasteiger partial charge in [-0.2, -0.15) is 13.2 Å². The van der Waals surface area contributed by atoms with Gasteiger partial charge >= 0.3 is 12.1 Å². The van der Waals surface area contributed by atoms with Gasteiger partial charge < -0.3 is 15.2 Å². The van der Waals surface area contributed by atoms with Gasteiger partial charge in [-0.25, -0.2) is 4.79 Å². The Hall–Kier alpha value is -4.47. The summed E-state index contributed by atoms with van der Waals surface area (Å²) >= 11 is 0. The molecule has 0 saturated carbocycles. The SMILES string of the molecule is O=C(Nc1cncc(-c2ccncc2)c1)C1Cc2ccc3ccccc3c2O1.O=C(O)C(F)(F)F. The van der Waals surface area contributed by atoms with Crippen LogP contribution in [0, 0.1) is 0 Å². The minimum Gasteiger partial charge on any atom is -0.479 e. The smallest absolute Gasteiger partial charge is 0.479 e. The number of carbonyl (C=O) groups is 2. The van der Waals surface area contributed by atoms with Crippen molar-refractivity contribution in [3.63, 3.8) is 0 Å². The maximum absolute atomic E-state index is 12.8. The van der Waals surface area contributed by atoms with Crippen molar-refractivity contribution < 1.29 is 32.6 Å². The Bertz CT molecular complexity index is 1380. The molecule has 1 aliphatic heterocycles. The fourth-order valence-electron chi connectivity index (χ4n) is 3.55. The van der Waals surface area contributed by atoms with Gasteiger partial charge in [0.25, 0.3) is 5.91 Å². The van der Waals surface area contributed by atoms with Crippen molar-refractivity contribution in [3.05, 3.63) is 84.9 Å². The van der Waals surface area contributed by atoms with Gasteiger partial charge in [-0.05, 0) is 34.7 Å². The third-order valence-corrected chi connectivity index (χ3v) is 5.18. The number of hydrogen-bond donors (Lipinski definition) is 2. The van der Waals surface area contributed by atoms with Gasteiger partial charge in [-0.15, -0.1) is 0 Å². The van der Waals surface area contributed by atoms with Crippen LogP contribution in [0.3, 0.4) is 0 Å². The molecule has 35 heavy (non-hydrogen) atoms. The number of alkyl halides is 3. The lowest BCUT2D eigenvalue weighted by atomic mass is 10.0. The highest BCUT2D eigenvalue weighted by Crippen LogP contribution is 2.36. The van der Waals surface area contributed by atoms with E-state index < -0.39 is 18.2 Å². The third kappa shape index (κ3) is 5.55. The first-order valence-corrected chi connectivity index (χ1v) is 10.4. The summed E-state index contributed by atoms with van der Waals surface area (Å²) in [5.74, 6) is -2.12. The van der Waals surface area contributed by atoms with Crippen LogP contribution in [0.4, 0.5) is 18.9 Å². The molecular formula is C25H18F3N3O4. The van der Waals surface area contributed by atoms with Crippen molar-refractivity contribution in [3.8, 4) is 16.9 Å². The summed E-state index contributed by atoms with van der Waals surface area (Å²) in [4.78, 5) is 30.0. The molecule has 1 amide bonds. The van der Waals surface area contributed by atoms with E-state index in [1.165, 1.54) is 0 Å². The number of rotatable bonds is 3. The van der Waals surface area contributed by atoms with Crippen molar-refractivity contribution in [2.75, 3.05) is 5.32 Å². The van der Waals surface area contributed by atoms with E-state index >= 15 is 0 Å². The number of carboxylic acids is 1. The highest BCUT2D eigenvalue weighted by Gasteiger charge is 2.38. The summed E-state index contributed by atoms with van der Waals surface area (Å²) in [7, 11) is 0. The van der Waals surface area contributed by atoms with E-state index in [-0.39, 0.29) is 5.91 Å². The number of ether oxygens (including phenoxy) is 1. The highest BCUT2D eigenvalue weighted by molar-refractivity contribution is 5.97. The van der Waals surface area contributed by atoms with Gasteiger partial charge in [0.2, 0.25) is 0 Å². The summed E-state index contributed by atoms with van der Waals surface area (Å²) in [6.45, 7) is 0. The normalized spacial score (nSPS) is 14.3. The second kappa shape index (κ2) is 9.80. The molecule has 2 N–H and O–H groups in total. The number of aromatic nitrogens is 2. The Labute approximate surface area is 197 Å². The standard InChI is InChI=1S/C23H17N3O2.C2HF3O2/c27-23(26-19-11-18(13-25-14-19)15-7-9-24-10-8-15)21-12-17-6-5-16-3-1-2-4-20(16)22(17)28-21;3-2(4,5)1(6)7/h1-11,13-14,21H,12H2,(H,26,27);(H,6,7). The molecule has 5 rings (SSSR count). The van der Waals surface area contributed by atoms with Crippen LogP contribution in [-0.2, 0) is 16.0 Å². The summed E-state index contributed by atoms with van der Waals surface area (Å²) in [6.07, 6.45) is 1.79. The number of pyridine rings is 2. The lowest BCUT2D eigenvalue weighted by Crippen LogP contribution is -2.31. The van der Waals surface area contributed by atoms with Gasteiger partial charge in [-0.1, -0.05) is 36.4 Å². The number of nitrogens with one attached hydrogen (secondary N) is 1. The van der Waals surface area contributed by atoms with E-state index in [1.807, 2.05) is 48.5 Å². The van der Waals surface area contributed by atoms with Gasteiger partial charge in [-0.3, -0.25) is 14.8 Å². The molecule has 1 aliphatic rings. The summed E-state index contributed by atoms with van der Waals surface area (Å²) in [6, 6.07) is 17.9. The second-order valence-corrected chi connectivity index (χ2v) is 7.58. The van der Waals surface area contributed by atoms with Gasteiger partial charge in [0.05, 0.1) is 11.9 Å². The van der Waals surface area contributed by atoms with Crippen molar-refractivity contribution in [1.82, 2.24) is 9.97 Å². The van der Waals surface area contributed by atoms with Gasteiger partial charge in [0.1, 0.15) is 5.75 Å². The van der Waals surface area contributed by atoms with Crippen LogP contribution in [0.1, 0.15) is 5.56 Å². The number of amides is 1. The Balaban J connectivity index is 0.000000364. The minimum absolute atomic E-state index is 0.172. The molecular weight excluding hydrogens is 463 g/mol. The molecule has 7 nitrogen and oxygen atoms in total. The number of halogens is 3. The largest absolute Gasteiger partial charge is 0.490 e. The monoisotopic (exact) mass is 481 g/mol. The number of aliphatic carboxylic acids is 1. The molecule has 0 bridgehead atoms. The zero-order chi connectivity index (χ0) is 25.0. The Kier molecular flexibility index (Phi) is 6.63. The van der Waals surface area contributed by atoms with Gasteiger partial charge in [0.15, 0.2) is 6.10 Å². The topological polar surface area (TPSA) is 101 Å². The zero-order valence-corrected chi connectivity index (χ0v) is 18.0. The molecule has 3 heterocycles. The zero-order valence-electron chi connectivity index (χ0n) is 18.0. The van der Waals surface area contributed by atoms with Crippen molar-refractivity contribution in [2.45, 2.75) is 18.7 Å². The Morgan fingerprint density at radius 1 is 0.971 bits per heavy atom. The van der Waals surface area contributed by atoms with Crippen LogP contribution in [0.25, 0.3) is 21.9 Å². The third-order valence-electron chi connectivity index (χ3n) is 5.18. The average molecular weight is 481 g/mol. The van der Waals surface area contributed by atoms with E-state index in [9.17, 15) is 18.0 Å². The summed E-state index contributed by atoms with van der Waals surface area (Å²) < 4.78 is 37.8. The maximum atomic E-state index is 12.8. The van der Waals surface area contributed by atoms with Crippen molar-refractivity contribution in [1.29, 1.82) is 0 Å². The lowest BCUT2D eigenvalue weighted by molar-refractivity contribution is -0.192. The Morgan fingerprint density at radius 3 is 2.40 bits per heavy atom. The van der Waals surface area contributed by atoms with E-state index in [0.29, 0.717) is 12.1 Å². The number of carbonyl (C=O) groups excluding carboxylic acids is 1. The second-order valence-electron chi connectivity index (χ2n) is 7.58.